The van der Waals surface area contributed by atoms with Gasteiger partial charge >= 0.3 is 0 Å². The van der Waals surface area contributed by atoms with E-state index in [1.54, 1.807) is 11.8 Å². The third-order valence-corrected chi connectivity index (χ3v) is 6.50. The second kappa shape index (κ2) is 9.18. The number of benzene rings is 3. The summed E-state index contributed by atoms with van der Waals surface area (Å²) in [5.41, 5.74) is 4.77. The van der Waals surface area contributed by atoms with Crippen LogP contribution in [0.4, 0.5) is 5.69 Å². The van der Waals surface area contributed by atoms with Gasteiger partial charge in [0.2, 0.25) is 5.91 Å². The molecule has 0 aromatic heterocycles. The fourth-order valence-corrected chi connectivity index (χ4v) is 4.70. The van der Waals surface area contributed by atoms with Crippen LogP contribution in [0.1, 0.15) is 39.3 Å². The zero-order chi connectivity index (χ0) is 20.9. The van der Waals surface area contributed by atoms with Crippen LogP contribution in [-0.4, -0.2) is 22.5 Å². The van der Waals surface area contributed by atoms with Gasteiger partial charge in [0, 0.05) is 17.8 Å². The molecule has 1 fully saturated rings. The third-order valence-electron chi connectivity index (χ3n) is 5.24. The van der Waals surface area contributed by atoms with Gasteiger partial charge in [0.05, 0.1) is 5.75 Å². The normalized spacial score (nSPS) is 16.0. The molecule has 0 bridgehead atoms. The molecule has 1 atom stereocenters. The Balaban J connectivity index is 1.45. The summed E-state index contributed by atoms with van der Waals surface area (Å²) < 4.78 is 0. The minimum absolute atomic E-state index is 0.0311. The van der Waals surface area contributed by atoms with Gasteiger partial charge in [0.1, 0.15) is 5.37 Å². The first-order chi connectivity index (χ1) is 14.6. The highest BCUT2D eigenvalue weighted by molar-refractivity contribution is 8.00. The van der Waals surface area contributed by atoms with E-state index in [1.807, 2.05) is 83.8 Å². The lowest BCUT2D eigenvalue weighted by molar-refractivity contribution is -0.128. The molecule has 30 heavy (non-hydrogen) atoms. The quantitative estimate of drug-likeness (QED) is 0.595. The van der Waals surface area contributed by atoms with Crippen LogP contribution in [0.25, 0.3) is 0 Å². The van der Waals surface area contributed by atoms with Gasteiger partial charge in [-0.2, -0.15) is 0 Å². The Morgan fingerprint density at radius 1 is 0.967 bits per heavy atom. The molecule has 0 radical (unpaired) electrons. The highest BCUT2D eigenvalue weighted by atomic mass is 32.2. The maximum absolute atomic E-state index is 12.6. The maximum Gasteiger partial charge on any atom is 0.255 e. The number of nitrogens with one attached hydrogen (secondary N) is 1. The van der Waals surface area contributed by atoms with Gasteiger partial charge < -0.3 is 10.2 Å². The zero-order valence-corrected chi connectivity index (χ0v) is 17.7. The van der Waals surface area contributed by atoms with Gasteiger partial charge in [-0.3, -0.25) is 9.59 Å². The summed E-state index contributed by atoms with van der Waals surface area (Å²) in [4.78, 5) is 26.9. The highest BCUT2D eigenvalue weighted by Gasteiger charge is 2.32. The van der Waals surface area contributed by atoms with E-state index in [2.05, 4.69) is 12.2 Å². The Bertz CT molecular complexity index is 1020. The van der Waals surface area contributed by atoms with Crippen LogP contribution in [0.2, 0.25) is 0 Å². The van der Waals surface area contributed by atoms with Crippen LogP contribution in [0.5, 0.6) is 0 Å². The molecule has 4 nitrogen and oxygen atoms in total. The molecule has 5 heteroatoms. The zero-order valence-electron chi connectivity index (χ0n) is 16.9. The van der Waals surface area contributed by atoms with E-state index >= 15 is 0 Å². The Morgan fingerprint density at radius 2 is 1.67 bits per heavy atom. The monoisotopic (exact) mass is 416 g/mol. The minimum atomic E-state index is -0.137. The number of carbonyl (C=O) groups excluding carboxylic acids is 2. The van der Waals surface area contributed by atoms with Crippen LogP contribution < -0.4 is 5.32 Å². The first kappa shape index (κ1) is 20.2. The predicted molar refractivity (Wildman–Crippen MR) is 122 cm³/mol. The predicted octanol–water partition coefficient (Wildman–Crippen LogP) is 5.28. The second-order valence-corrected chi connectivity index (χ2v) is 8.37. The third kappa shape index (κ3) is 4.57. The Morgan fingerprint density at radius 3 is 2.33 bits per heavy atom. The number of rotatable bonds is 6. The van der Waals surface area contributed by atoms with Gasteiger partial charge in [0.15, 0.2) is 0 Å². The minimum Gasteiger partial charge on any atom is -0.322 e. The van der Waals surface area contributed by atoms with Crippen LogP contribution in [0.15, 0.2) is 78.9 Å². The molecule has 0 spiro atoms. The van der Waals surface area contributed by atoms with Gasteiger partial charge in [-0.1, -0.05) is 61.5 Å². The summed E-state index contributed by atoms with van der Waals surface area (Å²) in [5.74, 6) is 0.487. The van der Waals surface area contributed by atoms with Crippen molar-refractivity contribution in [3.63, 3.8) is 0 Å². The molecule has 2 amide bonds. The molecular weight excluding hydrogens is 392 g/mol. The van der Waals surface area contributed by atoms with Crippen molar-refractivity contribution in [2.75, 3.05) is 11.1 Å². The topological polar surface area (TPSA) is 49.4 Å². The molecule has 1 saturated heterocycles. The van der Waals surface area contributed by atoms with Gasteiger partial charge in [0.25, 0.3) is 5.91 Å². The van der Waals surface area contributed by atoms with E-state index in [1.165, 1.54) is 5.56 Å². The summed E-state index contributed by atoms with van der Waals surface area (Å²) in [6.45, 7) is 2.69. The van der Waals surface area contributed by atoms with Gasteiger partial charge in [-0.15, -0.1) is 11.8 Å². The number of nitrogens with zero attached hydrogens (tertiary/aromatic N) is 1. The molecule has 152 valence electrons. The van der Waals surface area contributed by atoms with Gasteiger partial charge in [-0.05, 0) is 47.4 Å². The number of aryl methyl sites for hydroxylation is 1. The Labute approximate surface area is 181 Å². The lowest BCUT2D eigenvalue weighted by atomic mass is 10.1. The molecule has 4 rings (SSSR count). The van der Waals surface area contributed by atoms with Crippen LogP contribution >= 0.6 is 11.8 Å². The first-order valence-electron chi connectivity index (χ1n) is 10.1. The highest BCUT2D eigenvalue weighted by Crippen LogP contribution is 2.39. The van der Waals surface area contributed by atoms with Crippen molar-refractivity contribution in [2.45, 2.75) is 25.3 Å². The van der Waals surface area contributed by atoms with E-state index in [0.717, 1.165) is 23.2 Å². The van der Waals surface area contributed by atoms with Crippen molar-refractivity contribution >= 4 is 29.3 Å². The Kier molecular flexibility index (Phi) is 6.19. The van der Waals surface area contributed by atoms with E-state index in [-0.39, 0.29) is 17.2 Å². The van der Waals surface area contributed by atoms with Crippen molar-refractivity contribution in [1.29, 1.82) is 0 Å². The van der Waals surface area contributed by atoms with Crippen molar-refractivity contribution < 1.29 is 9.59 Å². The standard InChI is InChI=1S/C25H24N2O2S/c1-2-18-8-14-22(15-9-18)26-24(29)20-10-12-21(13-11-20)25-27(23(28)17-30-25)16-19-6-4-3-5-7-19/h3-15,25H,2,16-17H2,1H3,(H,26,29)/t25-/m0/s1. The molecule has 3 aromatic carbocycles. The van der Waals surface area contributed by atoms with Gasteiger partial charge in [-0.25, -0.2) is 0 Å². The average Bonchev–Trinajstić information content (AvgIpc) is 3.15. The van der Waals surface area contributed by atoms with E-state index in [9.17, 15) is 9.59 Å². The summed E-state index contributed by atoms with van der Waals surface area (Å²) >= 11 is 1.63. The average molecular weight is 417 g/mol. The smallest absolute Gasteiger partial charge is 0.255 e. The molecule has 1 aliphatic heterocycles. The summed E-state index contributed by atoms with van der Waals surface area (Å²) in [5, 5.41) is 2.91. The van der Waals surface area contributed by atoms with Crippen molar-refractivity contribution in [3.05, 3.63) is 101 Å². The second-order valence-electron chi connectivity index (χ2n) is 7.30. The fourth-order valence-electron chi connectivity index (χ4n) is 3.51. The largest absolute Gasteiger partial charge is 0.322 e. The SMILES string of the molecule is CCc1ccc(NC(=O)c2ccc([C@@H]3SCC(=O)N3Cc3ccccc3)cc2)cc1. The number of hydrogen-bond acceptors (Lipinski definition) is 3. The molecule has 1 heterocycles. The van der Waals surface area contributed by atoms with Crippen molar-refractivity contribution in [2.24, 2.45) is 0 Å². The molecule has 1 aliphatic rings. The van der Waals surface area contributed by atoms with E-state index in [4.69, 9.17) is 0 Å². The molecule has 0 unspecified atom stereocenters. The number of thioether (sulfide) groups is 1. The van der Waals surface area contributed by atoms with Crippen molar-refractivity contribution in [3.8, 4) is 0 Å². The number of anilines is 1. The lowest BCUT2D eigenvalue weighted by Crippen LogP contribution is -2.27. The first-order valence-corrected chi connectivity index (χ1v) is 11.1. The fraction of sp³-hybridized carbons (Fsp3) is 0.200. The molecule has 3 aromatic rings. The maximum atomic E-state index is 12.6. The van der Waals surface area contributed by atoms with Crippen LogP contribution in [0, 0.1) is 0 Å². The summed E-state index contributed by atoms with van der Waals surface area (Å²) in [6, 6.07) is 25.5. The molecule has 0 aliphatic carbocycles. The van der Waals surface area contributed by atoms with Crippen LogP contribution in [0.3, 0.4) is 0 Å². The number of carbonyl (C=O) groups is 2. The molecule has 1 N–H and O–H groups in total. The lowest BCUT2D eigenvalue weighted by Gasteiger charge is -2.24. The summed E-state index contributed by atoms with van der Waals surface area (Å²) in [6.07, 6.45) is 0.971. The van der Waals surface area contributed by atoms with E-state index < -0.39 is 0 Å². The molecular formula is C25H24N2O2S. The van der Waals surface area contributed by atoms with E-state index in [0.29, 0.717) is 17.9 Å². The Hall–Kier alpha value is -3.05. The molecule has 0 saturated carbocycles. The summed E-state index contributed by atoms with van der Waals surface area (Å²) in [7, 11) is 0. The van der Waals surface area contributed by atoms with Crippen LogP contribution in [-0.2, 0) is 17.8 Å². The number of amides is 2. The number of hydrogen-bond donors (Lipinski definition) is 1. The van der Waals surface area contributed by atoms with Crippen molar-refractivity contribution in [1.82, 2.24) is 4.90 Å².